The maximum Gasteiger partial charge on any atom is 0.289 e. The minimum atomic E-state index is -0.0997. The average Bonchev–Trinajstić information content (AvgIpc) is 3.33. The van der Waals surface area contributed by atoms with Crippen molar-refractivity contribution in [2.45, 2.75) is 13.5 Å². The summed E-state index contributed by atoms with van der Waals surface area (Å²) in [5.74, 6) is 0.949. The Bertz CT molecular complexity index is 849. The van der Waals surface area contributed by atoms with E-state index in [0.717, 1.165) is 5.56 Å². The number of nitrogens with one attached hydrogen (secondary N) is 1. The summed E-state index contributed by atoms with van der Waals surface area (Å²) < 4.78 is 5.20. The highest BCUT2D eigenvalue weighted by Gasteiger charge is 2.25. The topological polar surface area (TPSA) is 81.4 Å². The molecule has 0 unspecified atom stereocenters. The zero-order chi connectivity index (χ0) is 21.3. The van der Waals surface area contributed by atoms with Crippen molar-refractivity contribution in [2.75, 3.05) is 46.3 Å². The number of likely N-dealkylation sites (N-methyl/N-ethyl adjacent to an activating group) is 1. The lowest BCUT2D eigenvalue weighted by atomic mass is 10.2. The molecule has 1 aliphatic rings. The van der Waals surface area contributed by atoms with Crippen molar-refractivity contribution in [3.8, 4) is 0 Å². The van der Waals surface area contributed by atoms with Crippen molar-refractivity contribution in [1.82, 2.24) is 20.0 Å². The van der Waals surface area contributed by atoms with Gasteiger partial charge >= 0.3 is 0 Å². The van der Waals surface area contributed by atoms with E-state index in [2.05, 4.69) is 15.2 Å². The Hall–Kier alpha value is -2.56. The Morgan fingerprint density at radius 1 is 1.06 bits per heavy atom. The monoisotopic (exact) mass is 539 g/mol. The molecule has 0 atom stereocenters. The van der Waals surface area contributed by atoms with Gasteiger partial charge in [0.25, 0.3) is 5.91 Å². The number of benzene rings is 1. The molecule has 31 heavy (non-hydrogen) atoms. The molecule has 0 saturated carbocycles. The first-order valence-electron chi connectivity index (χ1n) is 10.2. The van der Waals surface area contributed by atoms with E-state index in [1.165, 1.54) is 6.26 Å². The summed E-state index contributed by atoms with van der Waals surface area (Å²) in [5.41, 5.74) is 1.11. The van der Waals surface area contributed by atoms with Crippen LogP contribution in [0.1, 0.15) is 23.0 Å². The molecule has 1 fully saturated rings. The minimum Gasteiger partial charge on any atom is -0.459 e. The number of carbonyl (C=O) groups is 2. The largest absolute Gasteiger partial charge is 0.459 e. The van der Waals surface area contributed by atoms with Crippen LogP contribution in [0.3, 0.4) is 0 Å². The molecule has 2 aromatic rings. The lowest BCUT2D eigenvalue weighted by Crippen LogP contribution is -2.54. The van der Waals surface area contributed by atoms with E-state index < -0.39 is 0 Å². The number of halogens is 1. The van der Waals surface area contributed by atoms with Crippen molar-refractivity contribution in [2.24, 2.45) is 4.99 Å². The molecule has 1 aromatic carbocycles. The molecule has 8 nitrogen and oxygen atoms in total. The number of hydrogen-bond donors (Lipinski definition) is 1. The number of guanidine groups is 1. The second-order valence-corrected chi connectivity index (χ2v) is 7.05. The number of piperazine rings is 1. The van der Waals surface area contributed by atoms with Crippen LogP contribution in [-0.2, 0) is 11.3 Å². The molecule has 1 saturated heterocycles. The summed E-state index contributed by atoms with van der Waals surface area (Å²) in [6, 6.07) is 13.3. The highest BCUT2D eigenvalue weighted by atomic mass is 127. The molecule has 3 rings (SSSR count). The summed E-state index contributed by atoms with van der Waals surface area (Å²) >= 11 is 0. The number of furan rings is 1. The van der Waals surface area contributed by atoms with E-state index in [4.69, 9.17) is 4.42 Å². The molecule has 0 aliphatic carbocycles. The van der Waals surface area contributed by atoms with E-state index >= 15 is 0 Å². The number of carbonyl (C=O) groups excluding carboxylic acids is 2. The minimum absolute atomic E-state index is 0. The van der Waals surface area contributed by atoms with Gasteiger partial charge in [-0.25, -0.2) is 0 Å². The Labute approximate surface area is 200 Å². The zero-order valence-corrected chi connectivity index (χ0v) is 20.3. The van der Waals surface area contributed by atoms with Crippen molar-refractivity contribution < 1.29 is 14.0 Å². The maximum atomic E-state index is 12.7. The summed E-state index contributed by atoms with van der Waals surface area (Å²) in [6.07, 6.45) is 1.50. The van der Waals surface area contributed by atoms with Crippen LogP contribution in [0.5, 0.6) is 0 Å². The number of aliphatic imine (C=N–C) groups is 1. The van der Waals surface area contributed by atoms with Gasteiger partial charge in [0.1, 0.15) is 0 Å². The molecule has 2 heterocycles. The van der Waals surface area contributed by atoms with Crippen molar-refractivity contribution in [3.63, 3.8) is 0 Å². The Kier molecular flexibility index (Phi) is 9.83. The van der Waals surface area contributed by atoms with Gasteiger partial charge in [-0.05, 0) is 24.6 Å². The van der Waals surface area contributed by atoms with Gasteiger partial charge in [0.15, 0.2) is 11.7 Å². The third-order valence-corrected chi connectivity index (χ3v) is 5.16. The summed E-state index contributed by atoms with van der Waals surface area (Å²) in [7, 11) is 1.70. The van der Waals surface area contributed by atoms with Gasteiger partial charge in [0.2, 0.25) is 5.91 Å². The van der Waals surface area contributed by atoms with Crippen LogP contribution in [-0.4, -0.2) is 78.8 Å². The number of hydrogen-bond acceptors (Lipinski definition) is 4. The third-order valence-electron chi connectivity index (χ3n) is 5.16. The average molecular weight is 539 g/mol. The SMILES string of the molecule is CCN(Cc1ccccc1)C(=O)CNC(=NC)N1CCN(C(=O)c2ccco2)CC1.I. The molecule has 0 bridgehead atoms. The molecule has 2 amide bonds. The van der Waals surface area contributed by atoms with Gasteiger partial charge in [-0.1, -0.05) is 30.3 Å². The molecule has 1 aliphatic heterocycles. The van der Waals surface area contributed by atoms with E-state index in [-0.39, 0.29) is 42.3 Å². The molecule has 168 valence electrons. The third kappa shape index (κ3) is 6.71. The summed E-state index contributed by atoms with van der Waals surface area (Å²) in [4.78, 5) is 35.0. The van der Waals surface area contributed by atoms with Gasteiger partial charge in [-0.2, -0.15) is 0 Å². The number of rotatable bonds is 6. The quantitative estimate of drug-likeness (QED) is 0.346. The lowest BCUT2D eigenvalue weighted by Gasteiger charge is -2.36. The van der Waals surface area contributed by atoms with Gasteiger partial charge in [0, 0.05) is 46.3 Å². The van der Waals surface area contributed by atoms with E-state index in [0.29, 0.717) is 51.0 Å². The number of amides is 2. The second kappa shape index (κ2) is 12.3. The Morgan fingerprint density at radius 2 is 1.74 bits per heavy atom. The summed E-state index contributed by atoms with van der Waals surface area (Å²) in [6.45, 7) is 5.81. The van der Waals surface area contributed by atoms with Crippen molar-refractivity contribution in [3.05, 3.63) is 60.1 Å². The van der Waals surface area contributed by atoms with Crippen LogP contribution < -0.4 is 5.32 Å². The first kappa shape index (κ1) is 24.7. The van der Waals surface area contributed by atoms with Gasteiger partial charge in [-0.3, -0.25) is 14.6 Å². The standard InChI is InChI=1S/C22H29N5O3.HI/c1-3-25(17-18-8-5-4-6-9-18)20(28)16-24-22(23-2)27-13-11-26(12-14-27)21(29)19-10-7-15-30-19;/h4-10,15H,3,11-14,16-17H2,1-2H3,(H,23,24);1H. The lowest BCUT2D eigenvalue weighted by molar-refractivity contribution is -0.130. The van der Waals surface area contributed by atoms with Crippen LogP contribution >= 0.6 is 24.0 Å². The highest BCUT2D eigenvalue weighted by Crippen LogP contribution is 2.10. The second-order valence-electron chi connectivity index (χ2n) is 7.05. The first-order valence-corrected chi connectivity index (χ1v) is 10.2. The molecule has 0 radical (unpaired) electrons. The molecular weight excluding hydrogens is 509 g/mol. The molecule has 0 spiro atoms. The fourth-order valence-electron chi connectivity index (χ4n) is 3.46. The predicted molar refractivity (Wildman–Crippen MR) is 130 cm³/mol. The van der Waals surface area contributed by atoms with E-state index in [1.54, 1.807) is 24.1 Å². The van der Waals surface area contributed by atoms with Crippen LogP contribution in [0.15, 0.2) is 58.1 Å². The normalized spacial score (nSPS) is 14.1. The van der Waals surface area contributed by atoms with Crippen molar-refractivity contribution in [1.29, 1.82) is 0 Å². The molecule has 9 heteroatoms. The fourth-order valence-corrected chi connectivity index (χ4v) is 3.46. The van der Waals surface area contributed by atoms with Crippen LogP contribution in [0.25, 0.3) is 0 Å². The van der Waals surface area contributed by atoms with Crippen LogP contribution in [0, 0.1) is 0 Å². The van der Waals surface area contributed by atoms with Gasteiger partial charge in [0.05, 0.1) is 12.8 Å². The maximum absolute atomic E-state index is 12.7. The molecule has 1 aromatic heterocycles. The Morgan fingerprint density at radius 3 is 2.32 bits per heavy atom. The van der Waals surface area contributed by atoms with Gasteiger partial charge < -0.3 is 24.4 Å². The predicted octanol–water partition coefficient (Wildman–Crippen LogP) is 2.28. The number of nitrogens with zero attached hydrogens (tertiary/aromatic N) is 4. The van der Waals surface area contributed by atoms with E-state index in [1.807, 2.05) is 42.2 Å². The molecule has 1 N–H and O–H groups in total. The van der Waals surface area contributed by atoms with E-state index in [9.17, 15) is 9.59 Å². The molecular formula is C22H30IN5O3. The van der Waals surface area contributed by atoms with Crippen LogP contribution in [0.2, 0.25) is 0 Å². The van der Waals surface area contributed by atoms with Crippen molar-refractivity contribution >= 4 is 41.8 Å². The van der Waals surface area contributed by atoms with Crippen LogP contribution in [0.4, 0.5) is 0 Å². The first-order chi connectivity index (χ1) is 14.6. The Balaban J connectivity index is 0.00000341. The highest BCUT2D eigenvalue weighted by molar-refractivity contribution is 14.0. The summed E-state index contributed by atoms with van der Waals surface area (Å²) in [5, 5.41) is 3.17. The van der Waals surface area contributed by atoms with Gasteiger partial charge in [-0.15, -0.1) is 24.0 Å². The smallest absolute Gasteiger partial charge is 0.289 e. The fraction of sp³-hybridized carbons (Fsp3) is 0.409. The zero-order valence-electron chi connectivity index (χ0n) is 18.0.